The fourth-order valence-corrected chi connectivity index (χ4v) is 16.7. The van der Waals surface area contributed by atoms with Crippen LogP contribution in [-0.2, 0) is 94.4 Å². The predicted octanol–water partition coefficient (Wildman–Crippen LogP) is -2.17. The van der Waals surface area contributed by atoms with Gasteiger partial charge >= 0.3 is 23.9 Å². The van der Waals surface area contributed by atoms with Crippen LogP contribution in [0.3, 0.4) is 0 Å². The molecule has 12 amide bonds. The first-order valence-corrected chi connectivity index (χ1v) is 45.4. The molecule has 9 aromatic rings. The van der Waals surface area contributed by atoms with Gasteiger partial charge in [-0.2, -0.15) is 0 Å². The first-order chi connectivity index (χ1) is 66.8. The van der Waals surface area contributed by atoms with Crippen molar-refractivity contribution in [1.82, 2.24) is 108 Å². The molecule has 2 saturated heterocycles. The number of urea groups is 1. The molecule has 0 saturated carbocycles. The first kappa shape index (κ1) is 104. The summed E-state index contributed by atoms with van der Waals surface area (Å²) in [6.07, 6.45) is 4.45. The molecule has 6 aromatic carbocycles. The molecule has 5 heterocycles. The number of carboxylic acids is 3. The van der Waals surface area contributed by atoms with Crippen molar-refractivity contribution < 1.29 is 92.3 Å². The quantitative estimate of drug-likeness (QED) is 0.00635. The number of hydrazine groups is 1. The molecule has 738 valence electrons. The van der Waals surface area contributed by atoms with Crippen molar-refractivity contribution in [3.05, 3.63) is 210 Å². The van der Waals surface area contributed by atoms with Crippen LogP contribution in [0.25, 0.3) is 32.6 Å². The smallest absolute Gasteiger partial charge is 0.330 e. The zero-order chi connectivity index (χ0) is 99.6. The van der Waals surface area contributed by atoms with E-state index in [1.807, 2.05) is 41.8 Å². The number of nitrogens with two attached hydrogens (primary N) is 3. The molecule has 45 heteroatoms. The summed E-state index contributed by atoms with van der Waals surface area (Å²) in [5, 5.41) is 86.7. The maximum Gasteiger partial charge on any atom is 0.330 e. The molecule has 3 aromatic heterocycles. The van der Waals surface area contributed by atoms with Crippen LogP contribution >= 0.6 is 0 Å². The van der Waals surface area contributed by atoms with Crippen LogP contribution in [0.4, 0.5) is 4.79 Å². The zero-order valence-corrected chi connectivity index (χ0v) is 76.3. The van der Waals surface area contributed by atoms with Crippen LogP contribution in [0.1, 0.15) is 82.4 Å². The number of nitrogens with zero attached hydrogens (tertiary/aromatic N) is 6. The second kappa shape index (κ2) is 51.3. The summed E-state index contributed by atoms with van der Waals surface area (Å²) in [6, 6.07) is 26.3. The van der Waals surface area contributed by atoms with Gasteiger partial charge in [-0.25, -0.2) is 15.2 Å². The molecule has 139 heavy (non-hydrogen) atoms. The van der Waals surface area contributed by atoms with Crippen LogP contribution in [0.2, 0.25) is 0 Å². The van der Waals surface area contributed by atoms with Crippen molar-refractivity contribution in [3.63, 3.8) is 0 Å². The van der Waals surface area contributed by atoms with Crippen LogP contribution in [0.15, 0.2) is 171 Å². The Labute approximate surface area is 797 Å². The number of para-hydroxylation sites is 2. The Hall–Kier alpha value is -15.7. The van der Waals surface area contributed by atoms with Crippen molar-refractivity contribution in [1.29, 1.82) is 10.8 Å². The summed E-state index contributed by atoms with van der Waals surface area (Å²) in [6.45, 7) is -2.26. The highest BCUT2D eigenvalue weighted by molar-refractivity contribution is 6.09. The first-order valence-electron chi connectivity index (χ1n) is 45.4. The van der Waals surface area contributed by atoms with Gasteiger partial charge in [0.15, 0.2) is 17.7 Å². The molecule has 11 rings (SSSR count). The molecular formula is C94H118N26O19. The molecule has 2 aliphatic heterocycles. The van der Waals surface area contributed by atoms with Crippen molar-refractivity contribution in [2.24, 2.45) is 17.2 Å². The third-order valence-corrected chi connectivity index (χ3v) is 23.9. The lowest BCUT2D eigenvalue weighted by atomic mass is 9.98. The largest absolute Gasteiger partial charge is 0.480 e. The van der Waals surface area contributed by atoms with E-state index in [-0.39, 0.29) is 141 Å². The Morgan fingerprint density at radius 1 is 0.424 bits per heavy atom. The van der Waals surface area contributed by atoms with Crippen LogP contribution < -0.4 is 81.2 Å². The maximum absolute atomic E-state index is 15.5. The molecule has 2 fully saturated rings. The fraction of sp³-hybridized carbons (Fsp3) is 0.383. The zero-order valence-electron chi connectivity index (χ0n) is 76.3. The Balaban J connectivity index is 0.855. The van der Waals surface area contributed by atoms with E-state index >= 15 is 38.4 Å². The molecule has 2 aliphatic rings. The minimum Gasteiger partial charge on any atom is -0.480 e. The van der Waals surface area contributed by atoms with Gasteiger partial charge in [0.2, 0.25) is 53.2 Å². The Kier molecular flexibility index (Phi) is 38.3. The number of aromatic amines is 3. The van der Waals surface area contributed by atoms with Crippen LogP contribution in [-0.4, -0.2) is 325 Å². The summed E-state index contributed by atoms with van der Waals surface area (Å²) >= 11 is 0. The van der Waals surface area contributed by atoms with Gasteiger partial charge in [0, 0.05) is 161 Å². The summed E-state index contributed by atoms with van der Waals surface area (Å²) in [5.74, 6) is -14.0. The number of aliphatic hydroxyl groups excluding tert-OH is 1. The molecule has 0 aliphatic carbocycles. The maximum atomic E-state index is 15.5. The molecule has 45 nitrogen and oxygen atoms in total. The highest BCUT2D eigenvalue weighted by Crippen LogP contribution is 2.26. The molecule has 0 bridgehead atoms. The standard InChI is InChI=1S/C94H118N26O19/c95-92(96)101-30-10-21-69(107-85(132)71(43-57-26-27-58-13-4-5-16-61(58)41-57)106-78(122)50-116-33-35-117(51-79(123)124)37-39-119(53-81(127)128)40-38-118(36-34-116)52-80(125)126)83(130)110-73(45-63-48-104-68-20-9-7-18-66(63)68)87(134)113-76(54-121)89(136)111-74(46-64-49-100-55-105-64)88(135)108-70(22-11-31-102-93(97)98)84(131)109-72(44-62-47-103-67-19-8-6-17-65(62)67)86(133)112-75(91(138)120-32-12-23-77(120)90(137)114-115-94(99)139)42-56-24-28-60(29-25-56)82(129)59-14-2-1-3-15-59/h1-9,13-20,24-29,41,47-49,55,69-77,103-104,121H,10-12,21-23,30-40,42-46,50-54H2,(H,100,105)(H,106,122)(H,107,132)(H,108,135)(H,109,131)(H,110,130)(H,111,136)(H,112,133)(H,113,134)(H,114,137)(H,123,124)(H,125,126)(H,127,128)(H4,95,96,101)(H4,97,98,102)(H3,99,115,139)/t69-,70-,71-,72-,73-,74-,75+,76-,77-/m0/s1. The number of aliphatic carboxylic acids is 3. The monoisotopic (exact) mass is 1910 g/mol. The van der Waals surface area contributed by atoms with E-state index in [4.69, 9.17) is 28.0 Å². The van der Waals surface area contributed by atoms with E-state index in [1.54, 1.807) is 141 Å². The normalized spacial score (nSPS) is 15.7. The fourth-order valence-electron chi connectivity index (χ4n) is 16.7. The van der Waals surface area contributed by atoms with Gasteiger partial charge in [0.25, 0.3) is 5.91 Å². The third-order valence-electron chi connectivity index (χ3n) is 23.9. The Morgan fingerprint density at radius 2 is 0.842 bits per heavy atom. The second-order valence-corrected chi connectivity index (χ2v) is 34.0. The number of carbonyl (C=O) groups is 15. The molecule has 9 atom stereocenters. The van der Waals surface area contributed by atoms with Crippen molar-refractivity contribution >= 4 is 133 Å². The van der Waals surface area contributed by atoms with Gasteiger partial charge in [-0.15, -0.1) is 0 Å². The number of guanidine groups is 2. The van der Waals surface area contributed by atoms with Gasteiger partial charge in [-0.3, -0.25) is 103 Å². The van der Waals surface area contributed by atoms with Gasteiger partial charge in [-0.05, 0) is 83.7 Å². The van der Waals surface area contributed by atoms with Gasteiger partial charge < -0.3 is 111 Å². The summed E-state index contributed by atoms with van der Waals surface area (Å²) in [4.78, 5) is 234. The third kappa shape index (κ3) is 31.7. The number of hydrogen-bond donors (Lipinski definition) is 24. The number of nitrogens with one attached hydrogen (secondary N) is 17. The molecule has 0 unspecified atom stereocenters. The van der Waals surface area contributed by atoms with Crippen molar-refractivity contribution in [2.45, 2.75) is 125 Å². The number of H-pyrrole nitrogens is 3. The molecule has 0 radical (unpaired) electrons. The van der Waals surface area contributed by atoms with E-state index in [2.05, 4.69) is 78.5 Å². The van der Waals surface area contributed by atoms with Gasteiger partial charge in [0.05, 0.1) is 39.1 Å². The van der Waals surface area contributed by atoms with Gasteiger partial charge in [-0.1, -0.05) is 133 Å². The number of benzene rings is 6. The molecular weight excluding hydrogens is 1800 g/mol. The number of rotatable bonds is 46. The van der Waals surface area contributed by atoms with Crippen LogP contribution in [0, 0.1) is 10.8 Å². The lowest BCUT2D eigenvalue weighted by Crippen LogP contribution is -2.62. The number of carbonyl (C=O) groups excluding carboxylic acids is 12. The number of amides is 12. The number of imidazole rings is 1. The molecule has 0 spiro atoms. The highest BCUT2D eigenvalue weighted by atomic mass is 16.4. The number of primary amides is 1. The average molecular weight is 1920 g/mol. The molecule has 27 N–H and O–H groups in total. The topological polar surface area (TPSA) is 684 Å². The number of aromatic nitrogens is 4. The summed E-state index contributed by atoms with van der Waals surface area (Å²) in [5.41, 5.74) is 25.1. The Bertz CT molecular complexity index is 5810. The number of ketones is 1. The van der Waals surface area contributed by atoms with E-state index in [0.29, 0.717) is 61.6 Å². The highest BCUT2D eigenvalue weighted by Gasteiger charge is 2.41. The van der Waals surface area contributed by atoms with E-state index < -0.39 is 189 Å². The number of carboxylic acid groups (broad SMARTS) is 3. The Morgan fingerprint density at radius 3 is 1.32 bits per heavy atom. The second-order valence-electron chi connectivity index (χ2n) is 34.0. The van der Waals surface area contributed by atoms with E-state index in [1.165, 1.54) is 17.4 Å². The van der Waals surface area contributed by atoms with Gasteiger partial charge in [0.1, 0.15) is 54.4 Å². The van der Waals surface area contributed by atoms with E-state index in [9.17, 15) is 54.0 Å². The minimum absolute atomic E-state index is 0.00636. The summed E-state index contributed by atoms with van der Waals surface area (Å²) in [7, 11) is 0. The SMILES string of the molecule is N=C(N)NCCC[C@H](NC(=O)[C@H](Cc1ccc2ccccc2c1)NC(=O)CN1CCN(CC(=O)O)CCN(CC(=O)O)CCN(CC(=O)O)CC1)C(=O)N[C@@H](Cc1c[nH]c2ccccc12)C(=O)N[C@@H](CO)C(=O)N[C@@H](Cc1cnc[nH]1)C(=O)N[C@@H](CCCNC(=N)N)C(=O)N[C@@H](Cc1c[nH]c2ccccc12)C(=O)N[C@H](Cc1ccc(C(=O)c2ccccc2)cc1)C(=O)N1CCC[C@H]1C(=O)NNC(N)=O. The number of likely N-dealkylation sites (tertiary alicyclic amines) is 1. The van der Waals surface area contributed by atoms with Crippen LogP contribution in [0.5, 0.6) is 0 Å². The minimum atomic E-state index is -1.95. The average Bonchev–Trinajstić information content (AvgIpc) is 1.75. The van der Waals surface area contributed by atoms with Crippen molar-refractivity contribution in [3.8, 4) is 0 Å². The lowest BCUT2D eigenvalue weighted by Gasteiger charge is -2.33. The predicted molar refractivity (Wildman–Crippen MR) is 509 cm³/mol. The van der Waals surface area contributed by atoms with E-state index in [0.717, 1.165) is 10.8 Å². The lowest BCUT2D eigenvalue weighted by molar-refractivity contribution is -0.142. The summed E-state index contributed by atoms with van der Waals surface area (Å²) < 4.78 is 0. The number of fused-ring (bicyclic) bond motifs is 3. The number of hydrogen-bond acceptors (Lipinski definition) is 23. The number of aliphatic hydroxyl groups is 1. The van der Waals surface area contributed by atoms with Crippen molar-refractivity contribution in [2.75, 3.05) is 105 Å².